The van der Waals surface area contributed by atoms with E-state index >= 15 is 0 Å². The summed E-state index contributed by atoms with van der Waals surface area (Å²) in [5.41, 5.74) is -3.11. The first-order chi connectivity index (χ1) is 12.7. The molecule has 9 heteroatoms. The van der Waals surface area contributed by atoms with Crippen LogP contribution in [0.2, 0.25) is 0 Å². The van der Waals surface area contributed by atoms with E-state index in [1.165, 1.54) is 42.6 Å². The molecule has 146 valence electrons. The van der Waals surface area contributed by atoms with Crippen molar-refractivity contribution in [2.75, 3.05) is 32.6 Å². The molecular formula is C18H21F3N4O2. The summed E-state index contributed by atoms with van der Waals surface area (Å²) in [6.45, 7) is 0.330. The maximum Gasteiger partial charge on any atom is 0.435 e. The van der Waals surface area contributed by atoms with Gasteiger partial charge in [0.1, 0.15) is 12.4 Å². The van der Waals surface area contributed by atoms with Gasteiger partial charge < -0.3 is 15.0 Å². The summed E-state index contributed by atoms with van der Waals surface area (Å²) in [5.74, 6) is -0.0488. The number of nitrogens with one attached hydrogen (secondary N) is 2. The lowest BCUT2D eigenvalue weighted by molar-refractivity contribution is -0.189. The molecule has 27 heavy (non-hydrogen) atoms. The molecule has 1 heterocycles. The van der Waals surface area contributed by atoms with Crippen LogP contribution >= 0.6 is 0 Å². The van der Waals surface area contributed by atoms with Crippen molar-refractivity contribution in [3.8, 4) is 0 Å². The molecule has 0 aliphatic rings. The molecule has 1 unspecified atom stereocenters. The van der Waals surface area contributed by atoms with Crippen molar-refractivity contribution in [1.82, 2.24) is 15.2 Å². The van der Waals surface area contributed by atoms with Gasteiger partial charge in [0.2, 0.25) is 5.66 Å². The smallest absolute Gasteiger partial charge is 0.435 e. The topological polar surface area (TPSA) is 66.5 Å². The molecule has 0 aliphatic carbocycles. The van der Waals surface area contributed by atoms with Gasteiger partial charge in [-0.25, -0.2) is 9.78 Å². The number of pyridine rings is 1. The summed E-state index contributed by atoms with van der Waals surface area (Å²) < 4.78 is 47.5. The molecule has 0 spiro atoms. The first-order valence-electron chi connectivity index (χ1n) is 8.16. The number of alkyl halides is 3. The largest absolute Gasteiger partial charge is 0.448 e. The number of likely N-dealkylation sites (N-methyl/N-ethyl adjacent to an activating group) is 1. The number of carbonyl (C=O) groups is 1. The van der Waals surface area contributed by atoms with E-state index in [1.54, 1.807) is 31.1 Å². The van der Waals surface area contributed by atoms with E-state index in [2.05, 4.69) is 10.3 Å². The SMILES string of the molecule is CN(C)CCOC(=O)NC(Nc1ccccn1)(c1ccccc1)C(F)(F)F. The Morgan fingerprint density at radius 1 is 1.11 bits per heavy atom. The molecule has 2 N–H and O–H groups in total. The summed E-state index contributed by atoms with van der Waals surface area (Å²) in [6.07, 6.45) is -4.72. The Hall–Kier alpha value is -2.81. The van der Waals surface area contributed by atoms with Gasteiger partial charge in [-0.1, -0.05) is 36.4 Å². The molecule has 1 aromatic heterocycles. The number of benzene rings is 1. The van der Waals surface area contributed by atoms with Gasteiger partial charge in [0.05, 0.1) is 0 Å². The lowest BCUT2D eigenvalue weighted by Crippen LogP contribution is -2.61. The van der Waals surface area contributed by atoms with E-state index in [1.807, 2.05) is 5.32 Å². The molecule has 0 aliphatic heterocycles. The highest BCUT2D eigenvalue weighted by Gasteiger charge is 2.58. The Morgan fingerprint density at radius 2 is 1.78 bits per heavy atom. The van der Waals surface area contributed by atoms with Crippen molar-refractivity contribution < 1.29 is 22.7 Å². The standard InChI is InChI=1S/C18H21F3N4O2/c1-25(2)12-13-27-16(26)24-17(18(19,20)21,14-8-4-3-5-9-14)23-15-10-6-7-11-22-15/h3-11H,12-13H2,1-2H3,(H,22,23)(H,24,26). The molecule has 0 radical (unpaired) electrons. The van der Waals surface area contributed by atoms with Gasteiger partial charge in [0, 0.05) is 18.3 Å². The van der Waals surface area contributed by atoms with Crippen molar-refractivity contribution in [2.45, 2.75) is 11.8 Å². The number of alkyl carbamates (subject to hydrolysis) is 1. The van der Waals surface area contributed by atoms with Gasteiger partial charge in [-0.15, -0.1) is 0 Å². The number of anilines is 1. The summed E-state index contributed by atoms with van der Waals surface area (Å²) >= 11 is 0. The second-order valence-corrected chi connectivity index (χ2v) is 6.02. The number of ether oxygens (including phenoxy) is 1. The van der Waals surface area contributed by atoms with E-state index in [9.17, 15) is 18.0 Å². The highest BCUT2D eigenvalue weighted by Crippen LogP contribution is 2.39. The van der Waals surface area contributed by atoms with Gasteiger partial charge in [-0.05, 0) is 26.2 Å². The third-order valence-electron chi connectivity index (χ3n) is 3.67. The highest BCUT2D eigenvalue weighted by atomic mass is 19.4. The third-order valence-corrected chi connectivity index (χ3v) is 3.67. The normalized spacial score (nSPS) is 13.7. The molecule has 1 amide bonds. The van der Waals surface area contributed by atoms with Gasteiger partial charge in [0.15, 0.2) is 0 Å². The molecule has 1 aromatic carbocycles. The van der Waals surface area contributed by atoms with E-state index < -0.39 is 17.9 Å². The van der Waals surface area contributed by atoms with Crippen molar-refractivity contribution in [1.29, 1.82) is 0 Å². The number of carbonyl (C=O) groups excluding carboxylic acids is 1. The van der Waals surface area contributed by atoms with E-state index in [4.69, 9.17) is 4.74 Å². The molecule has 1 atom stereocenters. The minimum Gasteiger partial charge on any atom is -0.448 e. The summed E-state index contributed by atoms with van der Waals surface area (Å²) in [6, 6.07) is 11.5. The lowest BCUT2D eigenvalue weighted by Gasteiger charge is -2.37. The van der Waals surface area contributed by atoms with Crippen molar-refractivity contribution in [2.24, 2.45) is 0 Å². The van der Waals surface area contributed by atoms with Crippen LogP contribution in [0.4, 0.5) is 23.8 Å². The minimum atomic E-state index is -4.88. The highest BCUT2D eigenvalue weighted by molar-refractivity contribution is 5.70. The lowest BCUT2D eigenvalue weighted by atomic mass is 9.98. The number of nitrogens with zero attached hydrogens (tertiary/aromatic N) is 2. The fourth-order valence-electron chi connectivity index (χ4n) is 2.31. The van der Waals surface area contributed by atoms with E-state index in [0.29, 0.717) is 6.54 Å². The van der Waals surface area contributed by atoms with E-state index in [0.717, 1.165) is 0 Å². The Labute approximate surface area is 155 Å². The number of aromatic nitrogens is 1. The van der Waals surface area contributed by atoms with Gasteiger partial charge in [0.25, 0.3) is 0 Å². The zero-order chi connectivity index (χ0) is 19.9. The predicted molar refractivity (Wildman–Crippen MR) is 95.1 cm³/mol. The predicted octanol–water partition coefficient (Wildman–Crippen LogP) is 3.20. The fourth-order valence-corrected chi connectivity index (χ4v) is 2.31. The number of hydrogen-bond donors (Lipinski definition) is 2. The first kappa shape index (κ1) is 20.5. The minimum absolute atomic E-state index is 0.0488. The average Bonchev–Trinajstić information content (AvgIpc) is 2.61. The monoisotopic (exact) mass is 382 g/mol. The Morgan fingerprint density at radius 3 is 2.33 bits per heavy atom. The second-order valence-electron chi connectivity index (χ2n) is 6.02. The van der Waals surface area contributed by atoms with Gasteiger partial charge in [-0.2, -0.15) is 13.2 Å². The van der Waals surface area contributed by atoms with Crippen LogP contribution in [-0.4, -0.2) is 49.4 Å². The molecular weight excluding hydrogens is 361 g/mol. The van der Waals surface area contributed by atoms with Crippen LogP contribution in [0.3, 0.4) is 0 Å². The maximum atomic E-state index is 14.2. The summed E-state index contributed by atoms with van der Waals surface area (Å²) in [5, 5.41) is 4.27. The summed E-state index contributed by atoms with van der Waals surface area (Å²) in [7, 11) is 3.52. The third kappa shape index (κ3) is 5.33. The Bertz CT molecular complexity index is 726. The fraction of sp³-hybridized carbons (Fsp3) is 0.333. The first-order valence-corrected chi connectivity index (χ1v) is 8.16. The van der Waals surface area contributed by atoms with Crippen LogP contribution in [0.1, 0.15) is 5.56 Å². The number of halogens is 3. The van der Waals surface area contributed by atoms with Crippen molar-refractivity contribution in [3.05, 3.63) is 60.3 Å². The second kappa shape index (κ2) is 8.72. The quantitative estimate of drug-likeness (QED) is 0.720. The molecule has 0 fully saturated rings. The molecule has 2 rings (SSSR count). The molecule has 0 saturated carbocycles. The summed E-state index contributed by atoms with van der Waals surface area (Å²) in [4.78, 5) is 17.8. The van der Waals surface area contributed by atoms with Crippen LogP contribution in [0.25, 0.3) is 0 Å². The van der Waals surface area contributed by atoms with Crippen molar-refractivity contribution in [3.63, 3.8) is 0 Å². The van der Waals surface area contributed by atoms with Crippen LogP contribution in [0.5, 0.6) is 0 Å². The average molecular weight is 382 g/mol. The Balaban J connectivity index is 2.38. The molecule has 2 aromatic rings. The Kier molecular flexibility index (Phi) is 6.62. The molecule has 0 bridgehead atoms. The van der Waals surface area contributed by atoms with Gasteiger partial charge >= 0.3 is 12.3 Å². The van der Waals surface area contributed by atoms with Crippen LogP contribution in [0, 0.1) is 0 Å². The number of amides is 1. The number of rotatable bonds is 7. The zero-order valence-electron chi connectivity index (χ0n) is 15.0. The van der Waals surface area contributed by atoms with Crippen molar-refractivity contribution >= 4 is 11.9 Å². The van der Waals surface area contributed by atoms with Crippen LogP contribution in [0.15, 0.2) is 54.7 Å². The van der Waals surface area contributed by atoms with Gasteiger partial charge in [-0.3, -0.25) is 5.32 Å². The van der Waals surface area contributed by atoms with E-state index in [-0.39, 0.29) is 18.0 Å². The maximum absolute atomic E-state index is 14.2. The molecule has 0 saturated heterocycles. The number of hydrogen-bond acceptors (Lipinski definition) is 5. The zero-order valence-corrected chi connectivity index (χ0v) is 15.0. The van der Waals surface area contributed by atoms with Crippen LogP contribution in [-0.2, 0) is 10.4 Å². The van der Waals surface area contributed by atoms with Crippen LogP contribution < -0.4 is 10.6 Å². The molecule has 6 nitrogen and oxygen atoms in total.